The van der Waals surface area contributed by atoms with Crippen LogP contribution in [0.15, 0.2) is 36.9 Å². The largest absolute Gasteiger partial charge is 0.508 e. The van der Waals surface area contributed by atoms with Crippen molar-refractivity contribution < 1.29 is 14.6 Å². The van der Waals surface area contributed by atoms with Crippen LogP contribution in [0.5, 0.6) is 5.75 Å². The van der Waals surface area contributed by atoms with Crippen LogP contribution in [0.4, 0.5) is 4.39 Å². The van der Waals surface area contributed by atoms with Crippen molar-refractivity contribution in [2.45, 2.75) is 24.9 Å². The van der Waals surface area contributed by atoms with Crippen LogP contribution < -0.4 is 0 Å². The highest BCUT2D eigenvalue weighted by Gasteiger charge is 2.33. The van der Waals surface area contributed by atoms with Gasteiger partial charge >= 0.3 is 0 Å². The summed E-state index contributed by atoms with van der Waals surface area (Å²) in [4.78, 5) is 6.25. The fourth-order valence-corrected chi connectivity index (χ4v) is 4.37. The number of phenols is 1. The summed E-state index contributed by atoms with van der Waals surface area (Å²) in [6.45, 7) is 0. The molecular weight excluding hydrogens is 357 g/mol. The van der Waals surface area contributed by atoms with Gasteiger partial charge in [0.1, 0.15) is 34.4 Å². The van der Waals surface area contributed by atoms with Crippen molar-refractivity contribution in [2.24, 2.45) is 0 Å². The van der Waals surface area contributed by atoms with Crippen LogP contribution in [-0.4, -0.2) is 34.6 Å². The van der Waals surface area contributed by atoms with E-state index in [-0.39, 0.29) is 11.4 Å². The molecule has 1 unspecified atom stereocenters. The van der Waals surface area contributed by atoms with Gasteiger partial charge in [0.2, 0.25) is 0 Å². The van der Waals surface area contributed by atoms with Crippen molar-refractivity contribution in [2.75, 3.05) is 0 Å². The Hall–Kier alpha value is -2.78. The lowest BCUT2D eigenvalue weighted by Gasteiger charge is -2.09. The normalized spacial score (nSPS) is 15.6. The first-order valence-corrected chi connectivity index (χ1v) is 8.97. The van der Waals surface area contributed by atoms with Gasteiger partial charge < -0.3 is 10.2 Å². The van der Waals surface area contributed by atoms with Crippen molar-refractivity contribution in [3.05, 3.63) is 59.0 Å². The fraction of sp³-hybridized carbons (Fsp3) is 0.235. The zero-order valence-electron chi connectivity index (χ0n) is 13.4. The van der Waals surface area contributed by atoms with Gasteiger partial charge in [-0.15, -0.1) is 16.4 Å². The van der Waals surface area contributed by atoms with Crippen molar-refractivity contribution in [3.63, 3.8) is 0 Å². The van der Waals surface area contributed by atoms with E-state index < -0.39 is 11.9 Å². The summed E-state index contributed by atoms with van der Waals surface area (Å²) >= 11 is 1.63. The minimum atomic E-state index is -0.984. The molecule has 2 N–H and O–H groups in total. The summed E-state index contributed by atoms with van der Waals surface area (Å²) in [7, 11) is 0. The van der Waals surface area contributed by atoms with Gasteiger partial charge in [0.15, 0.2) is 5.82 Å². The van der Waals surface area contributed by atoms with Gasteiger partial charge in [0.05, 0.1) is 18.1 Å². The number of imidazole rings is 1. The molecule has 0 aliphatic heterocycles. The summed E-state index contributed by atoms with van der Waals surface area (Å²) in [6, 6.07) is 3.78. The number of aliphatic hydroxyl groups excluding tert-OH is 1. The summed E-state index contributed by atoms with van der Waals surface area (Å²) in [6.07, 6.45) is 6.19. The van der Waals surface area contributed by atoms with Crippen LogP contribution in [0.1, 0.15) is 41.1 Å². The molecule has 1 aliphatic rings. The standard InChI is InChI=1S/C17H14FN5O2S/c18-11-5-10(24)3-4-13(11)23-7-12(20-21-23)16(25)15-17(9-1-2-9)26-14-6-19-8-22(14)15/h3-9,16,24-25H,1-2H2. The van der Waals surface area contributed by atoms with E-state index in [4.69, 9.17) is 0 Å². The van der Waals surface area contributed by atoms with Crippen LogP contribution in [0.3, 0.4) is 0 Å². The van der Waals surface area contributed by atoms with Gasteiger partial charge in [-0.05, 0) is 30.9 Å². The molecule has 1 aliphatic carbocycles. The van der Waals surface area contributed by atoms with Crippen molar-refractivity contribution in [1.29, 1.82) is 0 Å². The molecule has 0 spiro atoms. The number of rotatable bonds is 4. The van der Waals surface area contributed by atoms with E-state index in [1.54, 1.807) is 23.9 Å². The average molecular weight is 371 g/mol. The number of thiazole rings is 1. The van der Waals surface area contributed by atoms with Gasteiger partial charge in [0, 0.05) is 10.9 Å². The highest BCUT2D eigenvalue weighted by Crippen LogP contribution is 2.47. The first kappa shape index (κ1) is 15.5. The Kier molecular flexibility index (Phi) is 3.34. The fourth-order valence-electron chi connectivity index (χ4n) is 3.07. The van der Waals surface area contributed by atoms with Gasteiger partial charge in [-0.1, -0.05) is 5.21 Å². The molecule has 132 valence electrons. The van der Waals surface area contributed by atoms with Crippen LogP contribution >= 0.6 is 11.3 Å². The highest BCUT2D eigenvalue weighted by atomic mass is 32.1. The van der Waals surface area contributed by atoms with Crippen molar-refractivity contribution in [1.82, 2.24) is 24.4 Å². The predicted octanol–water partition coefficient (Wildman–Crippen LogP) is 2.78. The Morgan fingerprint density at radius 1 is 1.31 bits per heavy atom. The Labute approximate surface area is 151 Å². The summed E-state index contributed by atoms with van der Waals surface area (Å²) in [5, 5.41) is 28.2. The van der Waals surface area contributed by atoms with Gasteiger partial charge in [-0.2, -0.15) is 0 Å². The zero-order valence-corrected chi connectivity index (χ0v) is 14.3. The Morgan fingerprint density at radius 2 is 2.15 bits per heavy atom. The maximum Gasteiger partial charge on any atom is 0.152 e. The van der Waals surface area contributed by atoms with Crippen LogP contribution in [-0.2, 0) is 0 Å². The third kappa shape index (κ3) is 2.39. The van der Waals surface area contributed by atoms with Gasteiger partial charge in [0.25, 0.3) is 0 Å². The third-order valence-corrected chi connectivity index (χ3v) is 5.78. The molecule has 5 rings (SSSR count). The second kappa shape index (κ2) is 5.61. The van der Waals surface area contributed by atoms with Crippen molar-refractivity contribution >= 4 is 16.2 Å². The van der Waals surface area contributed by atoms with E-state index in [1.807, 2.05) is 4.40 Å². The van der Waals surface area contributed by atoms with E-state index in [9.17, 15) is 14.6 Å². The average Bonchev–Trinajstić information content (AvgIpc) is 3.04. The number of benzene rings is 1. The smallest absolute Gasteiger partial charge is 0.152 e. The second-order valence-electron chi connectivity index (χ2n) is 6.35. The molecule has 4 aromatic rings. The Balaban J connectivity index is 1.56. The number of nitrogens with zero attached hydrogens (tertiary/aromatic N) is 5. The minimum Gasteiger partial charge on any atom is -0.508 e. The lowest BCUT2D eigenvalue weighted by Crippen LogP contribution is -2.06. The molecule has 1 fully saturated rings. The molecule has 0 amide bonds. The van der Waals surface area contributed by atoms with E-state index in [1.165, 1.54) is 23.0 Å². The number of phenolic OH excluding ortho intramolecular Hbond substituents is 1. The molecule has 0 radical (unpaired) electrons. The molecule has 7 nitrogen and oxygen atoms in total. The van der Waals surface area contributed by atoms with Crippen LogP contribution in [0.25, 0.3) is 10.5 Å². The number of aromatic nitrogens is 5. The molecule has 3 aromatic heterocycles. The Bertz CT molecular complexity index is 1110. The van der Waals surface area contributed by atoms with Gasteiger partial charge in [-0.25, -0.2) is 14.1 Å². The maximum absolute atomic E-state index is 14.0. The number of hydrogen-bond acceptors (Lipinski definition) is 6. The predicted molar refractivity (Wildman–Crippen MR) is 92.1 cm³/mol. The third-order valence-electron chi connectivity index (χ3n) is 4.51. The lowest BCUT2D eigenvalue weighted by atomic mass is 10.1. The van der Waals surface area contributed by atoms with E-state index >= 15 is 0 Å². The topological polar surface area (TPSA) is 88.5 Å². The molecule has 1 aromatic carbocycles. The summed E-state index contributed by atoms with van der Waals surface area (Å²) < 4.78 is 17.2. The molecule has 1 atom stereocenters. The number of aromatic hydroxyl groups is 1. The summed E-state index contributed by atoms with van der Waals surface area (Å²) in [5.74, 6) is -0.322. The van der Waals surface area contributed by atoms with E-state index in [0.29, 0.717) is 11.6 Å². The minimum absolute atomic E-state index is 0.147. The highest BCUT2D eigenvalue weighted by molar-refractivity contribution is 7.17. The second-order valence-corrected chi connectivity index (χ2v) is 7.42. The van der Waals surface area contributed by atoms with Crippen LogP contribution in [0.2, 0.25) is 0 Å². The quantitative estimate of drug-likeness (QED) is 0.576. The Morgan fingerprint density at radius 3 is 2.92 bits per heavy atom. The lowest BCUT2D eigenvalue weighted by molar-refractivity contribution is 0.208. The van der Waals surface area contributed by atoms with E-state index in [0.717, 1.165) is 34.3 Å². The molecule has 1 saturated carbocycles. The summed E-state index contributed by atoms with van der Waals surface area (Å²) in [5.41, 5.74) is 1.23. The van der Waals surface area contributed by atoms with Crippen LogP contribution in [0, 0.1) is 5.82 Å². The molecule has 0 bridgehead atoms. The number of aliphatic hydroxyl groups is 1. The molecule has 9 heteroatoms. The molecule has 26 heavy (non-hydrogen) atoms. The number of halogens is 1. The first-order valence-electron chi connectivity index (χ1n) is 8.15. The zero-order chi connectivity index (χ0) is 17.8. The monoisotopic (exact) mass is 371 g/mol. The molecular formula is C17H14FN5O2S. The van der Waals surface area contributed by atoms with E-state index in [2.05, 4.69) is 15.3 Å². The SMILES string of the molecule is Oc1ccc(-n2cc(C(O)c3c(C4CC4)sc4cncn34)nn2)c(F)c1. The van der Waals surface area contributed by atoms with Crippen molar-refractivity contribution in [3.8, 4) is 11.4 Å². The molecule has 0 saturated heterocycles. The number of fused-ring (bicyclic) bond motifs is 1. The first-order chi connectivity index (χ1) is 12.6. The maximum atomic E-state index is 14.0. The number of hydrogen-bond donors (Lipinski definition) is 2. The van der Waals surface area contributed by atoms with Gasteiger partial charge in [-0.3, -0.25) is 4.40 Å². The molecule has 3 heterocycles.